The number of aromatic nitrogens is 2. The first-order valence-corrected chi connectivity index (χ1v) is 10.9. The summed E-state index contributed by atoms with van der Waals surface area (Å²) >= 11 is 6.01. The molecule has 0 saturated heterocycles. The highest BCUT2D eigenvalue weighted by molar-refractivity contribution is 6.30. The maximum atomic E-state index is 13.1. The zero-order valence-electron chi connectivity index (χ0n) is 18.9. The van der Waals surface area contributed by atoms with Gasteiger partial charge in [-0.2, -0.15) is 0 Å². The number of pyridine rings is 1. The molecule has 0 unspecified atom stereocenters. The molecule has 2 aromatic heterocycles. The van der Waals surface area contributed by atoms with Crippen LogP contribution < -0.4 is 15.4 Å². The molecule has 0 spiro atoms. The molecule has 2 N–H and O–H groups in total. The van der Waals surface area contributed by atoms with Gasteiger partial charge in [-0.05, 0) is 68.4 Å². The van der Waals surface area contributed by atoms with Crippen LogP contribution in [0.2, 0.25) is 5.02 Å². The molecule has 2 heterocycles. The zero-order chi connectivity index (χ0) is 24.2. The molecular weight excluding hydrogens is 452 g/mol. The van der Waals surface area contributed by atoms with E-state index in [1.54, 1.807) is 36.5 Å². The highest BCUT2D eigenvalue weighted by atomic mass is 35.5. The summed E-state index contributed by atoms with van der Waals surface area (Å²) < 4.78 is 7.43. The molecule has 0 radical (unpaired) electrons. The van der Waals surface area contributed by atoms with E-state index in [-0.39, 0.29) is 11.8 Å². The molecular formula is C26H23ClN4O3. The molecule has 0 aliphatic rings. The van der Waals surface area contributed by atoms with Crippen molar-refractivity contribution in [1.29, 1.82) is 0 Å². The van der Waals surface area contributed by atoms with Crippen LogP contribution in [-0.2, 0) is 0 Å². The van der Waals surface area contributed by atoms with Gasteiger partial charge in [-0.1, -0.05) is 11.6 Å². The number of ether oxygens (including phenoxy) is 1. The predicted octanol–water partition coefficient (Wildman–Crippen LogP) is 5.66. The van der Waals surface area contributed by atoms with Crippen molar-refractivity contribution in [2.24, 2.45) is 0 Å². The summed E-state index contributed by atoms with van der Waals surface area (Å²) in [7, 11) is 1.50. The summed E-state index contributed by atoms with van der Waals surface area (Å²) in [6.45, 7) is 3.84. The van der Waals surface area contributed by atoms with E-state index in [2.05, 4.69) is 15.6 Å². The number of nitrogens with one attached hydrogen (secondary N) is 2. The Kier molecular flexibility index (Phi) is 6.65. The number of hydrogen-bond donors (Lipinski definition) is 2. The van der Waals surface area contributed by atoms with Crippen molar-refractivity contribution in [3.8, 4) is 11.4 Å². The van der Waals surface area contributed by atoms with E-state index < -0.39 is 0 Å². The molecule has 34 heavy (non-hydrogen) atoms. The van der Waals surface area contributed by atoms with Crippen LogP contribution >= 0.6 is 11.6 Å². The van der Waals surface area contributed by atoms with Crippen LogP contribution in [0, 0.1) is 13.8 Å². The third kappa shape index (κ3) is 4.79. The lowest BCUT2D eigenvalue weighted by Gasteiger charge is -2.13. The first-order valence-electron chi connectivity index (χ1n) is 10.5. The number of carbonyl (C=O) groups excluding carboxylic acids is 2. The van der Waals surface area contributed by atoms with Crippen LogP contribution in [0.4, 0.5) is 11.4 Å². The van der Waals surface area contributed by atoms with Gasteiger partial charge in [0.2, 0.25) is 0 Å². The highest BCUT2D eigenvalue weighted by Crippen LogP contribution is 2.29. The van der Waals surface area contributed by atoms with Crippen molar-refractivity contribution in [1.82, 2.24) is 9.55 Å². The second-order valence-electron chi connectivity index (χ2n) is 7.66. The number of carbonyl (C=O) groups is 2. The van der Waals surface area contributed by atoms with Gasteiger partial charge in [0.05, 0.1) is 23.9 Å². The molecule has 0 aliphatic heterocycles. The molecule has 4 rings (SSSR count). The van der Waals surface area contributed by atoms with Crippen LogP contribution in [-0.4, -0.2) is 28.5 Å². The minimum Gasteiger partial charge on any atom is -0.494 e. The number of amides is 2. The maximum absolute atomic E-state index is 13.1. The van der Waals surface area contributed by atoms with Gasteiger partial charge in [-0.25, -0.2) is 0 Å². The summed E-state index contributed by atoms with van der Waals surface area (Å²) in [6.07, 6.45) is 3.08. The lowest BCUT2D eigenvalue weighted by Crippen LogP contribution is -2.15. The van der Waals surface area contributed by atoms with Gasteiger partial charge in [-0.3, -0.25) is 14.6 Å². The molecule has 4 aromatic rings. The lowest BCUT2D eigenvalue weighted by molar-refractivity contribution is 0.101. The maximum Gasteiger partial charge on any atom is 0.257 e. The number of rotatable bonds is 6. The standard InChI is InChI=1S/C26H23ClN4O3/c1-16-13-22(17(2)31(16)21-9-6-19(27)7-10-21)26(33)29-20-8-11-23(24(14-20)34-3)30-25(32)18-5-4-12-28-15-18/h4-15H,1-3H3,(H,29,33)(H,30,32). The molecule has 7 nitrogen and oxygen atoms in total. The Balaban J connectivity index is 1.54. The zero-order valence-corrected chi connectivity index (χ0v) is 19.7. The van der Waals surface area contributed by atoms with Gasteiger partial charge < -0.3 is 19.9 Å². The summed E-state index contributed by atoms with van der Waals surface area (Å²) in [5, 5.41) is 6.36. The first-order chi connectivity index (χ1) is 16.4. The van der Waals surface area contributed by atoms with Crippen molar-refractivity contribution < 1.29 is 14.3 Å². The molecule has 8 heteroatoms. The molecule has 0 fully saturated rings. The normalized spacial score (nSPS) is 10.6. The van der Waals surface area contributed by atoms with Crippen molar-refractivity contribution in [2.75, 3.05) is 17.7 Å². The summed E-state index contributed by atoms with van der Waals surface area (Å²) in [6, 6.07) is 17.7. The number of halogens is 1. The molecule has 0 atom stereocenters. The number of nitrogens with zero attached hydrogens (tertiary/aromatic N) is 2. The Hall–Kier alpha value is -4.10. The fourth-order valence-electron chi connectivity index (χ4n) is 3.74. The Morgan fingerprint density at radius 1 is 0.971 bits per heavy atom. The predicted molar refractivity (Wildman–Crippen MR) is 133 cm³/mol. The minimum atomic E-state index is -0.308. The van der Waals surface area contributed by atoms with Gasteiger partial charge >= 0.3 is 0 Å². The van der Waals surface area contributed by atoms with Crippen molar-refractivity contribution >= 4 is 34.8 Å². The Labute approximate surface area is 202 Å². The van der Waals surface area contributed by atoms with Crippen LogP contribution in [0.25, 0.3) is 5.69 Å². The van der Waals surface area contributed by atoms with Gasteiger partial charge in [0.1, 0.15) is 5.75 Å². The van der Waals surface area contributed by atoms with Crippen molar-refractivity contribution in [3.63, 3.8) is 0 Å². The monoisotopic (exact) mass is 474 g/mol. The first kappa shape index (κ1) is 23.1. The van der Waals surface area contributed by atoms with Gasteiger partial charge in [0.15, 0.2) is 0 Å². The summed E-state index contributed by atoms with van der Waals surface area (Å²) in [5.74, 6) is -0.137. The van der Waals surface area contributed by atoms with E-state index in [1.807, 2.05) is 48.7 Å². The highest BCUT2D eigenvalue weighted by Gasteiger charge is 2.18. The number of methoxy groups -OCH3 is 1. The molecule has 172 valence electrons. The van der Waals surface area contributed by atoms with Crippen molar-refractivity contribution in [3.05, 3.63) is 101 Å². The van der Waals surface area contributed by atoms with Crippen LogP contribution in [0.15, 0.2) is 73.1 Å². The van der Waals surface area contributed by atoms with E-state index in [0.717, 1.165) is 17.1 Å². The van der Waals surface area contributed by atoms with Gasteiger partial charge in [-0.15, -0.1) is 0 Å². The summed E-state index contributed by atoms with van der Waals surface area (Å²) in [5.41, 5.74) is 4.67. The average molecular weight is 475 g/mol. The fourth-order valence-corrected chi connectivity index (χ4v) is 3.87. The van der Waals surface area contributed by atoms with E-state index >= 15 is 0 Å². The Morgan fingerprint density at radius 2 is 1.74 bits per heavy atom. The number of hydrogen-bond acceptors (Lipinski definition) is 4. The van der Waals surface area contributed by atoms with Gasteiger partial charge in [0, 0.05) is 46.2 Å². The van der Waals surface area contributed by atoms with E-state index in [1.165, 1.54) is 13.3 Å². The van der Waals surface area contributed by atoms with Gasteiger partial charge in [0.25, 0.3) is 11.8 Å². The number of anilines is 2. The molecule has 0 aliphatic carbocycles. The fraction of sp³-hybridized carbons (Fsp3) is 0.115. The molecule has 2 amide bonds. The number of benzene rings is 2. The van der Waals surface area contributed by atoms with Crippen molar-refractivity contribution in [2.45, 2.75) is 13.8 Å². The molecule has 0 saturated carbocycles. The smallest absolute Gasteiger partial charge is 0.257 e. The third-order valence-corrected chi connectivity index (χ3v) is 5.64. The van der Waals surface area contributed by atoms with Crippen LogP contribution in [0.1, 0.15) is 32.1 Å². The third-order valence-electron chi connectivity index (χ3n) is 5.39. The van der Waals surface area contributed by atoms with E-state index in [4.69, 9.17) is 16.3 Å². The minimum absolute atomic E-state index is 0.248. The molecule has 2 aromatic carbocycles. The summed E-state index contributed by atoms with van der Waals surface area (Å²) in [4.78, 5) is 29.5. The quantitative estimate of drug-likeness (QED) is 0.378. The second-order valence-corrected chi connectivity index (χ2v) is 8.10. The lowest BCUT2D eigenvalue weighted by atomic mass is 10.2. The van der Waals surface area contributed by atoms with Crippen LogP contribution in [0.3, 0.4) is 0 Å². The number of aryl methyl sites for hydroxylation is 1. The van der Waals surface area contributed by atoms with E-state index in [0.29, 0.717) is 33.3 Å². The van der Waals surface area contributed by atoms with Crippen LogP contribution in [0.5, 0.6) is 5.75 Å². The topological polar surface area (TPSA) is 85.2 Å². The Bertz CT molecular complexity index is 1350. The second kappa shape index (κ2) is 9.80. The SMILES string of the molecule is COc1cc(NC(=O)c2cc(C)n(-c3ccc(Cl)cc3)c2C)ccc1NC(=O)c1cccnc1. The van der Waals surface area contributed by atoms with E-state index in [9.17, 15) is 9.59 Å². The largest absolute Gasteiger partial charge is 0.494 e. The molecule has 0 bridgehead atoms. The Morgan fingerprint density at radius 3 is 2.41 bits per heavy atom. The average Bonchev–Trinajstić information content (AvgIpc) is 3.15.